The maximum atomic E-state index is 12.0. The van der Waals surface area contributed by atoms with Crippen LogP contribution in [0.1, 0.15) is 23.2 Å². The van der Waals surface area contributed by atoms with Crippen molar-refractivity contribution in [2.45, 2.75) is 18.9 Å². The minimum absolute atomic E-state index is 0.0566. The SMILES string of the molecule is CN1CCCC1CNC(=O)c1ccc(Cl)cc1Br. The number of nitrogens with zero attached hydrogens (tertiary/aromatic N) is 1. The Balaban J connectivity index is 1.95. The summed E-state index contributed by atoms with van der Waals surface area (Å²) in [5.74, 6) is -0.0566. The normalized spacial score (nSPS) is 20.1. The van der Waals surface area contributed by atoms with Crippen molar-refractivity contribution < 1.29 is 4.79 Å². The van der Waals surface area contributed by atoms with Crippen LogP contribution in [0.25, 0.3) is 0 Å². The van der Waals surface area contributed by atoms with E-state index in [1.54, 1.807) is 18.2 Å². The zero-order valence-corrected chi connectivity index (χ0v) is 12.6. The molecule has 1 aromatic rings. The van der Waals surface area contributed by atoms with E-state index in [2.05, 4.69) is 33.2 Å². The molecular weight excluding hydrogens is 316 g/mol. The first-order chi connectivity index (χ1) is 8.58. The second-order valence-electron chi connectivity index (χ2n) is 4.61. The van der Waals surface area contributed by atoms with Crippen molar-refractivity contribution in [1.82, 2.24) is 10.2 Å². The average molecular weight is 332 g/mol. The molecule has 0 aromatic heterocycles. The summed E-state index contributed by atoms with van der Waals surface area (Å²) in [6.07, 6.45) is 2.36. The third-order valence-electron chi connectivity index (χ3n) is 3.35. The van der Waals surface area contributed by atoms with Gasteiger partial charge in [0.05, 0.1) is 5.56 Å². The van der Waals surface area contributed by atoms with Crippen LogP contribution in [0.4, 0.5) is 0 Å². The number of benzene rings is 1. The Morgan fingerprint density at radius 2 is 2.39 bits per heavy atom. The Kier molecular flexibility index (Phi) is 4.65. The molecule has 0 spiro atoms. The Labute approximate surface area is 121 Å². The zero-order chi connectivity index (χ0) is 13.1. The highest BCUT2D eigenvalue weighted by molar-refractivity contribution is 9.10. The molecule has 0 aliphatic carbocycles. The van der Waals surface area contributed by atoms with Gasteiger partial charge in [-0.25, -0.2) is 0 Å². The fraction of sp³-hybridized carbons (Fsp3) is 0.462. The van der Waals surface area contributed by atoms with Gasteiger partial charge in [-0.1, -0.05) is 11.6 Å². The minimum atomic E-state index is -0.0566. The standard InChI is InChI=1S/C13H16BrClN2O/c1-17-6-2-3-10(17)8-16-13(18)11-5-4-9(15)7-12(11)14/h4-5,7,10H,2-3,6,8H2,1H3,(H,16,18). The van der Waals surface area contributed by atoms with Crippen LogP contribution in [0.2, 0.25) is 5.02 Å². The lowest BCUT2D eigenvalue weighted by molar-refractivity contribution is 0.0943. The van der Waals surface area contributed by atoms with Gasteiger partial charge in [0.1, 0.15) is 0 Å². The van der Waals surface area contributed by atoms with Gasteiger partial charge >= 0.3 is 0 Å². The first kappa shape index (κ1) is 13.8. The molecule has 1 amide bonds. The average Bonchev–Trinajstić information content (AvgIpc) is 2.72. The van der Waals surface area contributed by atoms with Crippen molar-refractivity contribution in [2.24, 2.45) is 0 Å². The molecule has 5 heteroatoms. The van der Waals surface area contributed by atoms with Crippen molar-refractivity contribution >= 4 is 33.4 Å². The number of halogens is 2. The highest BCUT2D eigenvalue weighted by Crippen LogP contribution is 2.21. The number of amides is 1. The second-order valence-corrected chi connectivity index (χ2v) is 5.90. The number of hydrogen-bond donors (Lipinski definition) is 1. The molecule has 98 valence electrons. The lowest BCUT2D eigenvalue weighted by atomic mass is 10.2. The van der Waals surface area contributed by atoms with E-state index in [-0.39, 0.29) is 5.91 Å². The van der Waals surface area contributed by atoms with Crippen molar-refractivity contribution in [2.75, 3.05) is 20.1 Å². The zero-order valence-electron chi connectivity index (χ0n) is 10.2. The smallest absolute Gasteiger partial charge is 0.252 e. The molecule has 1 aromatic carbocycles. The van der Waals surface area contributed by atoms with Crippen molar-refractivity contribution in [3.05, 3.63) is 33.3 Å². The molecule has 3 nitrogen and oxygen atoms in total. The van der Waals surface area contributed by atoms with Gasteiger partial charge in [-0.15, -0.1) is 0 Å². The van der Waals surface area contributed by atoms with E-state index in [1.807, 2.05) is 0 Å². The van der Waals surface area contributed by atoms with E-state index >= 15 is 0 Å². The van der Waals surface area contributed by atoms with E-state index in [0.29, 0.717) is 23.2 Å². The van der Waals surface area contributed by atoms with Crippen LogP contribution < -0.4 is 5.32 Å². The molecule has 1 heterocycles. The first-order valence-electron chi connectivity index (χ1n) is 6.01. The molecule has 1 saturated heterocycles. The maximum Gasteiger partial charge on any atom is 0.252 e. The van der Waals surface area contributed by atoms with E-state index < -0.39 is 0 Å². The third kappa shape index (κ3) is 3.25. The van der Waals surface area contributed by atoms with Crippen LogP contribution in [0.3, 0.4) is 0 Å². The van der Waals surface area contributed by atoms with Gasteiger partial charge in [0.2, 0.25) is 0 Å². The summed E-state index contributed by atoms with van der Waals surface area (Å²) in [6.45, 7) is 1.82. The minimum Gasteiger partial charge on any atom is -0.350 e. The van der Waals surface area contributed by atoms with Crippen LogP contribution in [0.5, 0.6) is 0 Å². The van der Waals surface area contributed by atoms with Crippen LogP contribution in [0.15, 0.2) is 22.7 Å². The van der Waals surface area contributed by atoms with E-state index in [1.165, 1.54) is 6.42 Å². The predicted octanol–water partition coefficient (Wildman–Crippen LogP) is 2.93. The Morgan fingerprint density at radius 1 is 1.61 bits per heavy atom. The molecule has 0 bridgehead atoms. The summed E-state index contributed by atoms with van der Waals surface area (Å²) in [4.78, 5) is 14.3. The van der Waals surface area contributed by atoms with Crippen LogP contribution in [-0.2, 0) is 0 Å². The van der Waals surface area contributed by atoms with Gasteiger partial charge in [-0.3, -0.25) is 4.79 Å². The summed E-state index contributed by atoms with van der Waals surface area (Å²) in [5.41, 5.74) is 0.625. The molecule has 1 aliphatic rings. The van der Waals surface area contributed by atoms with Gasteiger partial charge in [0, 0.05) is 22.1 Å². The third-order valence-corrected chi connectivity index (χ3v) is 4.24. The number of rotatable bonds is 3. The van der Waals surface area contributed by atoms with Crippen molar-refractivity contribution in [3.63, 3.8) is 0 Å². The van der Waals surface area contributed by atoms with Crippen LogP contribution in [0, 0.1) is 0 Å². The molecule has 1 unspecified atom stereocenters. The Bertz CT molecular complexity index is 453. The number of nitrogens with one attached hydrogen (secondary N) is 1. The van der Waals surface area contributed by atoms with Crippen LogP contribution in [-0.4, -0.2) is 37.0 Å². The molecule has 2 rings (SSSR count). The number of carbonyl (C=O) groups is 1. The molecule has 0 radical (unpaired) electrons. The van der Waals surface area contributed by atoms with Gasteiger partial charge in [0.25, 0.3) is 5.91 Å². The second kappa shape index (κ2) is 6.04. The Hall–Kier alpha value is -0.580. The van der Waals surface area contributed by atoms with Gasteiger partial charge in [0.15, 0.2) is 0 Å². The molecule has 18 heavy (non-hydrogen) atoms. The molecule has 1 aliphatic heterocycles. The summed E-state index contributed by atoms with van der Waals surface area (Å²) in [5, 5.41) is 3.60. The molecule has 1 atom stereocenters. The maximum absolute atomic E-state index is 12.0. The molecule has 1 fully saturated rings. The number of likely N-dealkylation sites (tertiary alicyclic amines) is 1. The van der Waals surface area contributed by atoms with Gasteiger partial charge in [-0.05, 0) is 60.6 Å². The summed E-state index contributed by atoms with van der Waals surface area (Å²) in [7, 11) is 2.10. The fourth-order valence-electron chi connectivity index (χ4n) is 2.22. The molecule has 0 saturated carbocycles. The van der Waals surface area contributed by atoms with E-state index in [0.717, 1.165) is 17.4 Å². The summed E-state index contributed by atoms with van der Waals surface area (Å²) < 4.78 is 0.729. The highest BCUT2D eigenvalue weighted by atomic mass is 79.9. The lowest BCUT2D eigenvalue weighted by Gasteiger charge is -2.19. The first-order valence-corrected chi connectivity index (χ1v) is 7.18. The van der Waals surface area contributed by atoms with Crippen molar-refractivity contribution in [1.29, 1.82) is 0 Å². The van der Waals surface area contributed by atoms with Crippen LogP contribution >= 0.6 is 27.5 Å². The summed E-state index contributed by atoms with van der Waals surface area (Å²) in [6, 6.07) is 5.65. The quantitative estimate of drug-likeness (QED) is 0.923. The summed E-state index contributed by atoms with van der Waals surface area (Å²) >= 11 is 9.21. The number of carbonyl (C=O) groups excluding carboxylic acids is 1. The predicted molar refractivity (Wildman–Crippen MR) is 77.1 cm³/mol. The highest BCUT2D eigenvalue weighted by Gasteiger charge is 2.21. The fourth-order valence-corrected chi connectivity index (χ4v) is 3.08. The Morgan fingerprint density at radius 3 is 3.00 bits per heavy atom. The topological polar surface area (TPSA) is 32.3 Å². The van der Waals surface area contributed by atoms with Gasteiger partial charge in [-0.2, -0.15) is 0 Å². The van der Waals surface area contributed by atoms with E-state index in [9.17, 15) is 4.79 Å². The lowest BCUT2D eigenvalue weighted by Crippen LogP contribution is -2.38. The number of likely N-dealkylation sites (N-methyl/N-ethyl adjacent to an activating group) is 1. The molecular formula is C13H16BrClN2O. The molecule has 1 N–H and O–H groups in total. The largest absolute Gasteiger partial charge is 0.350 e. The van der Waals surface area contributed by atoms with Crippen molar-refractivity contribution in [3.8, 4) is 0 Å². The van der Waals surface area contributed by atoms with Gasteiger partial charge < -0.3 is 10.2 Å². The monoisotopic (exact) mass is 330 g/mol. The van der Waals surface area contributed by atoms with E-state index in [4.69, 9.17) is 11.6 Å². The number of hydrogen-bond acceptors (Lipinski definition) is 2.